The van der Waals surface area contributed by atoms with E-state index in [1.165, 1.54) is 36.7 Å². The van der Waals surface area contributed by atoms with Gasteiger partial charge in [-0.25, -0.2) is 4.98 Å². The lowest BCUT2D eigenvalue weighted by Crippen LogP contribution is -2.13. The highest BCUT2D eigenvalue weighted by Crippen LogP contribution is 2.39. The maximum atomic E-state index is 12.8. The van der Waals surface area contributed by atoms with Crippen LogP contribution in [-0.2, 0) is 4.79 Å². The zero-order valence-electron chi connectivity index (χ0n) is 20.8. The normalized spacial score (nSPS) is 10.7. The number of ketones is 1. The molecule has 0 atom stereocenters. The van der Waals surface area contributed by atoms with Crippen molar-refractivity contribution in [1.82, 2.24) is 4.98 Å². The van der Waals surface area contributed by atoms with E-state index in [1.807, 2.05) is 30.3 Å². The molecule has 1 aromatic heterocycles. The molecule has 0 aliphatic heterocycles. The maximum absolute atomic E-state index is 12.8. The Hall–Kier alpha value is -3.97. The van der Waals surface area contributed by atoms with Crippen molar-refractivity contribution in [2.24, 2.45) is 0 Å². The van der Waals surface area contributed by atoms with Crippen molar-refractivity contribution in [3.8, 4) is 33.2 Å². The first-order chi connectivity index (χ1) is 17.4. The third kappa shape index (κ3) is 5.63. The van der Waals surface area contributed by atoms with Crippen LogP contribution in [0, 0.1) is 13.8 Å². The summed E-state index contributed by atoms with van der Waals surface area (Å²) in [6, 6.07) is 21.3. The van der Waals surface area contributed by atoms with Gasteiger partial charge in [-0.15, -0.1) is 0 Å². The summed E-state index contributed by atoms with van der Waals surface area (Å²) in [6.07, 6.45) is 0.0642. The van der Waals surface area contributed by atoms with Gasteiger partial charge in [-0.3, -0.25) is 9.59 Å². The largest absolute Gasteiger partial charge is 0.497 e. The monoisotopic (exact) mass is 500 g/mol. The van der Waals surface area contributed by atoms with Crippen molar-refractivity contribution in [1.29, 1.82) is 0 Å². The van der Waals surface area contributed by atoms with Crippen LogP contribution in [0.25, 0.3) is 21.7 Å². The third-order valence-corrected chi connectivity index (χ3v) is 7.00. The van der Waals surface area contributed by atoms with Gasteiger partial charge in [-0.2, -0.15) is 0 Å². The summed E-state index contributed by atoms with van der Waals surface area (Å²) in [6.45, 7) is 4.16. The second kappa shape index (κ2) is 11.2. The lowest BCUT2D eigenvalue weighted by molar-refractivity contribution is -0.116. The fourth-order valence-corrected chi connectivity index (χ4v) is 4.82. The Morgan fingerprint density at radius 2 is 1.64 bits per heavy atom. The number of ether oxygens (including phenoxy) is 2. The minimum absolute atomic E-state index is 0.0262. The van der Waals surface area contributed by atoms with Crippen LogP contribution in [-0.4, -0.2) is 30.9 Å². The van der Waals surface area contributed by atoms with E-state index in [9.17, 15) is 9.59 Å². The number of anilines is 1. The molecule has 6 nitrogen and oxygen atoms in total. The van der Waals surface area contributed by atoms with E-state index in [0.717, 1.165) is 21.7 Å². The Kier molecular flexibility index (Phi) is 7.80. The second-order valence-electron chi connectivity index (χ2n) is 8.40. The molecule has 7 heteroatoms. The van der Waals surface area contributed by atoms with Crippen LogP contribution < -0.4 is 14.8 Å². The number of aromatic nitrogens is 1. The number of amides is 1. The van der Waals surface area contributed by atoms with E-state index in [4.69, 9.17) is 14.5 Å². The summed E-state index contributed by atoms with van der Waals surface area (Å²) in [7, 11) is 3.04. The summed E-state index contributed by atoms with van der Waals surface area (Å²) < 4.78 is 10.5. The molecular weight excluding hydrogens is 472 g/mol. The summed E-state index contributed by atoms with van der Waals surface area (Å²) >= 11 is 1.43. The van der Waals surface area contributed by atoms with Gasteiger partial charge in [0.1, 0.15) is 11.5 Å². The van der Waals surface area contributed by atoms with E-state index >= 15 is 0 Å². The van der Waals surface area contributed by atoms with Crippen LogP contribution in [0.1, 0.15) is 34.3 Å². The first-order valence-corrected chi connectivity index (χ1v) is 12.4. The number of Topliss-reactive ketones (excluding diaryl/α,β-unsaturated/α-hetero) is 1. The Morgan fingerprint density at radius 3 is 2.33 bits per heavy atom. The number of aryl methyl sites for hydroxylation is 2. The molecule has 0 spiro atoms. The molecule has 0 aliphatic rings. The molecule has 184 valence electrons. The number of rotatable bonds is 9. The van der Waals surface area contributed by atoms with Gasteiger partial charge in [0.15, 0.2) is 10.9 Å². The zero-order chi connectivity index (χ0) is 25.7. The van der Waals surface area contributed by atoms with Crippen LogP contribution >= 0.6 is 11.3 Å². The van der Waals surface area contributed by atoms with Crippen LogP contribution in [0.15, 0.2) is 66.7 Å². The summed E-state index contributed by atoms with van der Waals surface area (Å²) in [5, 5.41) is 3.39. The van der Waals surface area contributed by atoms with E-state index in [2.05, 4.69) is 37.4 Å². The number of carbonyl (C=O) groups is 2. The highest BCUT2D eigenvalue weighted by atomic mass is 32.1. The molecule has 0 aliphatic carbocycles. The molecule has 0 fully saturated rings. The number of hydrogen-bond donors (Lipinski definition) is 1. The molecule has 4 rings (SSSR count). The minimum atomic E-state index is -0.273. The van der Waals surface area contributed by atoms with Crippen molar-refractivity contribution >= 4 is 28.2 Å². The molecule has 0 bridgehead atoms. The predicted octanol–water partition coefficient (Wildman–Crippen LogP) is 6.71. The lowest BCUT2D eigenvalue weighted by Gasteiger charge is -2.09. The van der Waals surface area contributed by atoms with Crippen LogP contribution in [0.2, 0.25) is 0 Å². The molecule has 0 radical (unpaired) electrons. The second-order valence-corrected chi connectivity index (χ2v) is 9.40. The van der Waals surface area contributed by atoms with Crippen molar-refractivity contribution in [3.63, 3.8) is 0 Å². The summed E-state index contributed by atoms with van der Waals surface area (Å²) in [5.74, 6) is 0.538. The molecule has 0 unspecified atom stereocenters. The van der Waals surface area contributed by atoms with Gasteiger partial charge in [-0.05, 0) is 48.7 Å². The Morgan fingerprint density at radius 1 is 0.861 bits per heavy atom. The number of methoxy groups -OCH3 is 2. The highest BCUT2D eigenvalue weighted by molar-refractivity contribution is 7.19. The smallest absolute Gasteiger partial charge is 0.226 e. The van der Waals surface area contributed by atoms with Crippen molar-refractivity contribution in [2.75, 3.05) is 19.5 Å². The predicted molar refractivity (Wildman–Crippen MR) is 144 cm³/mol. The summed E-state index contributed by atoms with van der Waals surface area (Å²) in [5.41, 5.74) is 5.64. The molecule has 0 saturated heterocycles. The van der Waals surface area contributed by atoms with Crippen molar-refractivity contribution in [3.05, 3.63) is 83.4 Å². The van der Waals surface area contributed by atoms with Gasteiger partial charge < -0.3 is 14.8 Å². The van der Waals surface area contributed by atoms with E-state index in [1.54, 1.807) is 18.2 Å². The fraction of sp³-hybridized carbons (Fsp3) is 0.207. The summed E-state index contributed by atoms with van der Waals surface area (Å²) in [4.78, 5) is 31.3. The third-order valence-electron chi connectivity index (χ3n) is 5.98. The van der Waals surface area contributed by atoms with Crippen molar-refractivity contribution < 1.29 is 19.1 Å². The zero-order valence-corrected chi connectivity index (χ0v) is 21.6. The molecule has 1 heterocycles. The Bertz CT molecular complexity index is 1400. The van der Waals surface area contributed by atoms with E-state index in [0.29, 0.717) is 22.2 Å². The molecule has 3 aromatic carbocycles. The number of nitrogens with zero attached hydrogens (tertiary/aromatic N) is 1. The van der Waals surface area contributed by atoms with Crippen LogP contribution in [0.3, 0.4) is 0 Å². The number of nitrogens with one attached hydrogen (secondary N) is 1. The van der Waals surface area contributed by atoms with Crippen LogP contribution in [0.4, 0.5) is 5.13 Å². The average molecular weight is 501 g/mol. The maximum Gasteiger partial charge on any atom is 0.226 e. The Labute approximate surface area is 214 Å². The molecular formula is C29H28N2O4S. The quantitative estimate of drug-likeness (QED) is 0.258. The van der Waals surface area contributed by atoms with Gasteiger partial charge in [0.05, 0.1) is 30.4 Å². The standard InChI is InChI=1S/C29H28N2O4S/c1-18-10-11-21(16-19(18)2)28-27(20-8-6-5-7-9-20)31-29(36-28)30-26(33)15-13-24(32)23-17-22(34-3)12-14-25(23)35-4/h5-12,14,16-17H,13,15H2,1-4H3,(H,30,31,33). The van der Waals surface area contributed by atoms with Gasteiger partial charge >= 0.3 is 0 Å². The van der Waals surface area contributed by atoms with E-state index < -0.39 is 0 Å². The molecule has 1 N–H and O–H groups in total. The number of carbonyl (C=O) groups excluding carboxylic acids is 2. The lowest BCUT2D eigenvalue weighted by atomic mass is 10.0. The van der Waals surface area contributed by atoms with Gasteiger partial charge in [-0.1, -0.05) is 59.9 Å². The van der Waals surface area contributed by atoms with Gasteiger partial charge in [0, 0.05) is 18.4 Å². The van der Waals surface area contributed by atoms with Crippen molar-refractivity contribution in [2.45, 2.75) is 26.7 Å². The van der Waals surface area contributed by atoms with Crippen LogP contribution in [0.5, 0.6) is 11.5 Å². The highest BCUT2D eigenvalue weighted by Gasteiger charge is 2.19. The molecule has 36 heavy (non-hydrogen) atoms. The average Bonchev–Trinajstić information content (AvgIpc) is 3.32. The fourth-order valence-electron chi connectivity index (χ4n) is 3.82. The number of thiazole rings is 1. The topological polar surface area (TPSA) is 77.5 Å². The SMILES string of the molecule is COc1ccc(OC)c(C(=O)CCC(=O)Nc2nc(-c3ccccc3)c(-c3ccc(C)c(C)c3)s2)c1. The number of hydrogen-bond acceptors (Lipinski definition) is 6. The minimum Gasteiger partial charge on any atom is -0.497 e. The first-order valence-electron chi connectivity index (χ1n) is 11.6. The van der Waals surface area contributed by atoms with Gasteiger partial charge in [0.25, 0.3) is 0 Å². The number of benzene rings is 3. The Balaban J connectivity index is 1.53. The van der Waals surface area contributed by atoms with E-state index in [-0.39, 0.29) is 24.5 Å². The molecule has 0 saturated carbocycles. The molecule has 4 aromatic rings. The van der Waals surface area contributed by atoms with Gasteiger partial charge in [0.2, 0.25) is 5.91 Å². The molecule has 1 amide bonds. The first kappa shape index (κ1) is 25.1.